The molecular weight excluding hydrogens is 398 g/mol. The van der Waals surface area contributed by atoms with Crippen LogP contribution in [0.3, 0.4) is 0 Å². The molecule has 0 radical (unpaired) electrons. The number of carbonyl (C=O) groups excluding carboxylic acids is 1. The van der Waals surface area contributed by atoms with E-state index in [1.54, 1.807) is 29.2 Å². The number of nitriles is 1. The van der Waals surface area contributed by atoms with E-state index >= 15 is 0 Å². The molecule has 1 aliphatic rings. The number of aliphatic carboxylic acids is 1. The zero-order valence-corrected chi connectivity index (χ0v) is 16.9. The molecule has 1 saturated carbocycles. The largest absolute Gasteiger partial charge is 0.480 e. The molecule has 0 saturated heterocycles. The van der Waals surface area contributed by atoms with Crippen molar-refractivity contribution in [2.45, 2.75) is 38.1 Å². The molecule has 31 heavy (non-hydrogen) atoms. The van der Waals surface area contributed by atoms with Crippen LogP contribution in [0, 0.1) is 17.2 Å². The van der Waals surface area contributed by atoms with Gasteiger partial charge in [0.25, 0.3) is 0 Å². The first-order valence-corrected chi connectivity index (χ1v) is 10.2. The van der Waals surface area contributed by atoms with Gasteiger partial charge in [0, 0.05) is 17.3 Å². The Morgan fingerprint density at radius 1 is 1.32 bits per heavy atom. The van der Waals surface area contributed by atoms with Gasteiger partial charge in [-0.05, 0) is 24.8 Å². The average Bonchev–Trinajstić information content (AvgIpc) is 3.51. The molecule has 0 bridgehead atoms. The molecule has 1 fully saturated rings. The first-order valence-electron chi connectivity index (χ1n) is 10.2. The number of rotatable bonds is 9. The summed E-state index contributed by atoms with van der Waals surface area (Å²) in [5.41, 5.74) is 3.30. The highest BCUT2D eigenvalue weighted by molar-refractivity contribution is 5.94. The van der Waals surface area contributed by atoms with Crippen LogP contribution in [0.25, 0.3) is 16.6 Å². The van der Waals surface area contributed by atoms with Crippen LogP contribution in [0.5, 0.6) is 0 Å². The number of nitrogens with one attached hydrogen (secondary N) is 2. The Bertz CT molecular complexity index is 1140. The molecule has 3 heterocycles. The van der Waals surface area contributed by atoms with Crippen molar-refractivity contribution in [1.82, 2.24) is 19.4 Å². The summed E-state index contributed by atoms with van der Waals surface area (Å²) in [6.07, 6.45) is 12.4. The van der Waals surface area contributed by atoms with Gasteiger partial charge in [-0.2, -0.15) is 15.5 Å². The Kier molecular flexibility index (Phi) is 5.84. The molecule has 1 aliphatic carbocycles. The molecule has 1 atom stereocenters. The van der Waals surface area contributed by atoms with Crippen molar-refractivity contribution in [2.24, 2.45) is 5.92 Å². The second-order valence-corrected chi connectivity index (χ2v) is 7.68. The third kappa shape index (κ3) is 4.21. The van der Waals surface area contributed by atoms with Gasteiger partial charge < -0.3 is 15.7 Å². The number of anilines is 2. The number of hydrogen-bond donors (Lipinski definition) is 3. The van der Waals surface area contributed by atoms with E-state index in [1.807, 2.05) is 10.9 Å². The molecule has 4 rings (SSSR count). The Labute approximate surface area is 178 Å². The van der Waals surface area contributed by atoms with E-state index < -0.39 is 5.97 Å². The predicted molar refractivity (Wildman–Crippen MR) is 113 cm³/mol. The summed E-state index contributed by atoms with van der Waals surface area (Å²) in [6.45, 7) is -0.221. The number of fused-ring (bicyclic) bond motifs is 1. The zero-order chi connectivity index (χ0) is 21.8. The molecule has 1 amide bonds. The Hall–Kier alpha value is -3.87. The fraction of sp³-hybridized carbons (Fsp3) is 0.381. The minimum Gasteiger partial charge on any atom is -0.480 e. The molecule has 10 nitrogen and oxygen atoms in total. The number of carboxylic acid groups (broad SMARTS) is 1. The van der Waals surface area contributed by atoms with E-state index in [9.17, 15) is 14.9 Å². The van der Waals surface area contributed by atoms with E-state index in [4.69, 9.17) is 5.11 Å². The van der Waals surface area contributed by atoms with Crippen LogP contribution in [0.1, 0.15) is 38.1 Å². The number of nitrogens with zero attached hydrogens (tertiary/aromatic N) is 5. The average molecular weight is 421 g/mol. The first-order chi connectivity index (χ1) is 15.1. The maximum absolute atomic E-state index is 11.2. The summed E-state index contributed by atoms with van der Waals surface area (Å²) in [5.74, 6) is -0.541. The van der Waals surface area contributed by atoms with Crippen molar-refractivity contribution in [3.8, 4) is 17.2 Å². The van der Waals surface area contributed by atoms with Crippen LogP contribution in [0.4, 0.5) is 11.4 Å². The maximum atomic E-state index is 11.2. The molecule has 3 aromatic heterocycles. The highest BCUT2D eigenvalue weighted by atomic mass is 16.4. The van der Waals surface area contributed by atoms with Gasteiger partial charge in [0.2, 0.25) is 6.41 Å². The maximum Gasteiger partial charge on any atom is 0.322 e. The van der Waals surface area contributed by atoms with Crippen molar-refractivity contribution >= 4 is 29.3 Å². The second-order valence-electron chi connectivity index (χ2n) is 7.68. The van der Waals surface area contributed by atoms with E-state index in [-0.39, 0.29) is 12.6 Å². The van der Waals surface area contributed by atoms with Crippen LogP contribution < -0.4 is 10.6 Å². The summed E-state index contributed by atoms with van der Waals surface area (Å²) in [7, 11) is 0. The number of carboxylic acids is 1. The van der Waals surface area contributed by atoms with Gasteiger partial charge in [0.1, 0.15) is 6.54 Å². The van der Waals surface area contributed by atoms with Gasteiger partial charge in [0.05, 0.1) is 54.0 Å². The predicted octanol–water partition coefficient (Wildman–Crippen LogP) is 2.91. The fourth-order valence-corrected chi connectivity index (χ4v) is 4.37. The Morgan fingerprint density at radius 3 is 2.84 bits per heavy atom. The number of aromatic nitrogens is 4. The number of hydrogen-bond acceptors (Lipinski definition) is 6. The molecule has 0 aromatic carbocycles. The quantitative estimate of drug-likeness (QED) is 0.452. The van der Waals surface area contributed by atoms with Crippen LogP contribution >= 0.6 is 0 Å². The van der Waals surface area contributed by atoms with Gasteiger partial charge in [0.15, 0.2) is 0 Å². The van der Waals surface area contributed by atoms with E-state index in [0.717, 1.165) is 24.0 Å². The van der Waals surface area contributed by atoms with E-state index in [0.29, 0.717) is 35.6 Å². The Balaban J connectivity index is 1.75. The van der Waals surface area contributed by atoms with Crippen LogP contribution in [0.15, 0.2) is 30.9 Å². The lowest BCUT2D eigenvalue weighted by atomic mass is 9.96. The highest BCUT2D eigenvalue weighted by Crippen LogP contribution is 2.38. The number of amides is 1. The Morgan fingerprint density at radius 2 is 2.13 bits per heavy atom. The normalized spacial score (nSPS) is 14.9. The topological polar surface area (TPSA) is 137 Å². The van der Waals surface area contributed by atoms with Crippen LogP contribution in [0.2, 0.25) is 0 Å². The minimum absolute atomic E-state index is 0.0150. The van der Waals surface area contributed by atoms with Crippen molar-refractivity contribution in [1.29, 1.82) is 5.26 Å². The molecule has 3 aromatic rings. The van der Waals surface area contributed by atoms with Gasteiger partial charge in [-0.25, -0.2) is 4.52 Å². The van der Waals surface area contributed by atoms with E-state index in [1.165, 1.54) is 12.8 Å². The molecule has 160 valence electrons. The summed E-state index contributed by atoms with van der Waals surface area (Å²) < 4.78 is 3.49. The summed E-state index contributed by atoms with van der Waals surface area (Å²) in [5, 5.41) is 32.6. The van der Waals surface area contributed by atoms with Gasteiger partial charge in [-0.3, -0.25) is 14.3 Å². The van der Waals surface area contributed by atoms with Crippen LogP contribution in [-0.4, -0.2) is 43.4 Å². The minimum atomic E-state index is -0.969. The molecular formula is C21H23N7O3. The lowest BCUT2D eigenvalue weighted by Gasteiger charge is -2.21. The first kappa shape index (κ1) is 20.4. The SMILES string of the molecule is N#CCC(C1CCCC1)n1cc(-c2c(NC=O)cnn3cc(NCC(=O)O)cc23)cn1. The third-order valence-corrected chi connectivity index (χ3v) is 5.77. The number of carbonyl (C=O) groups is 2. The highest BCUT2D eigenvalue weighted by Gasteiger charge is 2.27. The second kappa shape index (κ2) is 8.87. The zero-order valence-electron chi connectivity index (χ0n) is 16.9. The lowest BCUT2D eigenvalue weighted by Crippen LogP contribution is -2.17. The molecule has 0 spiro atoms. The molecule has 10 heteroatoms. The van der Waals surface area contributed by atoms with Crippen molar-refractivity contribution in [3.05, 3.63) is 30.9 Å². The van der Waals surface area contributed by atoms with Gasteiger partial charge in [-0.1, -0.05) is 12.8 Å². The summed E-state index contributed by atoms with van der Waals surface area (Å²) in [4.78, 5) is 22.0. The standard InChI is InChI=1S/C21H23N7O3/c22-6-5-18(14-3-1-2-4-14)27-11-15(8-25-27)21-17(24-13-29)9-26-28-12-16(7-19(21)28)23-10-20(30)31/h7-9,11-14,18,23H,1-5,10H2,(H,24,29)(H,30,31). The van der Waals surface area contributed by atoms with Crippen molar-refractivity contribution in [2.75, 3.05) is 17.2 Å². The third-order valence-electron chi connectivity index (χ3n) is 5.77. The fourth-order valence-electron chi connectivity index (χ4n) is 4.37. The van der Waals surface area contributed by atoms with Gasteiger partial charge in [-0.15, -0.1) is 0 Å². The smallest absolute Gasteiger partial charge is 0.322 e. The molecule has 1 unspecified atom stereocenters. The van der Waals surface area contributed by atoms with Crippen LogP contribution in [-0.2, 0) is 9.59 Å². The molecule has 3 N–H and O–H groups in total. The van der Waals surface area contributed by atoms with Gasteiger partial charge >= 0.3 is 5.97 Å². The summed E-state index contributed by atoms with van der Waals surface area (Å²) in [6, 6.07) is 4.09. The lowest BCUT2D eigenvalue weighted by molar-refractivity contribution is -0.134. The monoisotopic (exact) mass is 421 g/mol. The molecule has 0 aliphatic heterocycles. The van der Waals surface area contributed by atoms with E-state index in [2.05, 4.69) is 26.9 Å². The van der Waals surface area contributed by atoms with Crippen molar-refractivity contribution in [3.63, 3.8) is 0 Å². The summed E-state index contributed by atoms with van der Waals surface area (Å²) >= 11 is 0. The van der Waals surface area contributed by atoms with Crippen molar-refractivity contribution < 1.29 is 14.7 Å².